The Morgan fingerprint density at radius 1 is 1.15 bits per heavy atom. The van der Waals surface area contributed by atoms with Gasteiger partial charge in [-0.25, -0.2) is 0 Å². The molecule has 0 bridgehead atoms. The fourth-order valence-corrected chi connectivity index (χ4v) is 2.82. The molecule has 0 spiro atoms. The molecule has 0 saturated carbocycles. The van der Waals surface area contributed by atoms with Gasteiger partial charge in [0.25, 0.3) is 5.91 Å². The molecule has 2 amide bonds. The van der Waals surface area contributed by atoms with E-state index in [1.165, 1.54) is 0 Å². The van der Waals surface area contributed by atoms with Gasteiger partial charge in [0.2, 0.25) is 5.91 Å². The lowest BCUT2D eigenvalue weighted by molar-refractivity contribution is -0.122. The molecule has 3 rings (SSSR count). The van der Waals surface area contributed by atoms with Crippen LogP contribution in [0.2, 0.25) is 0 Å². The lowest BCUT2D eigenvalue weighted by atomic mass is 10.2. The van der Waals surface area contributed by atoms with Crippen molar-refractivity contribution in [2.75, 3.05) is 23.9 Å². The highest BCUT2D eigenvalue weighted by Gasteiger charge is 2.21. The number of methoxy groups -OCH3 is 1. The van der Waals surface area contributed by atoms with E-state index >= 15 is 0 Å². The fourth-order valence-electron chi connectivity index (χ4n) is 2.82. The lowest BCUT2D eigenvalue weighted by Crippen LogP contribution is -2.30. The van der Waals surface area contributed by atoms with Gasteiger partial charge in [0, 0.05) is 30.4 Å². The highest BCUT2D eigenvalue weighted by atomic mass is 16.5. The van der Waals surface area contributed by atoms with Crippen LogP contribution in [0, 0.1) is 0 Å². The Bertz CT molecular complexity index is 789. The van der Waals surface area contributed by atoms with Crippen molar-refractivity contribution < 1.29 is 19.1 Å². The van der Waals surface area contributed by atoms with Crippen LogP contribution < -0.4 is 19.7 Å². The van der Waals surface area contributed by atoms with E-state index < -0.39 is 6.10 Å². The number of carbonyl (C=O) groups excluding carboxylic acids is 2. The molecular formula is C20H22N2O4. The summed E-state index contributed by atoms with van der Waals surface area (Å²) < 4.78 is 10.8. The molecule has 2 aromatic carbocycles. The van der Waals surface area contributed by atoms with E-state index in [0.29, 0.717) is 23.6 Å². The summed E-state index contributed by atoms with van der Waals surface area (Å²) in [6.07, 6.45) is 0.815. The van der Waals surface area contributed by atoms with Gasteiger partial charge in [-0.2, -0.15) is 0 Å². The summed E-state index contributed by atoms with van der Waals surface area (Å²) >= 11 is 0. The summed E-state index contributed by atoms with van der Waals surface area (Å²) in [5, 5.41) is 2.82. The molecule has 6 heteroatoms. The Labute approximate surface area is 152 Å². The molecule has 2 aromatic rings. The van der Waals surface area contributed by atoms with Gasteiger partial charge >= 0.3 is 0 Å². The summed E-state index contributed by atoms with van der Waals surface area (Å²) in [6.45, 7) is 2.43. The Hall–Kier alpha value is -3.02. The molecular weight excluding hydrogens is 332 g/mol. The van der Waals surface area contributed by atoms with Gasteiger partial charge in [-0.15, -0.1) is 0 Å². The summed E-state index contributed by atoms with van der Waals surface area (Å²) in [6, 6.07) is 14.4. The van der Waals surface area contributed by atoms with Gasteiger partial charge < -0.3 is 19.7 Å². The number of hydrogen-bond donors (Lipinski definition) is 1. The number of nitrogens with one attached hydrogen (secondary N) is 1. The van der Waals surface area contributed by atoms with Crippen LogP contribution in [0.5, 0.6) is 11.5 Å². The van der Waals surface area contributed by atoms with E-state index in [2.05, 4.69) is 5.32 Å². The Morgan fingerprint density at radius 3 is 2.54 bits per heavy atom. The van der Waals surface area contributed by atoms with Crippen LogP contribution in [0.4, 0.5) is 11.4 Å². The van der Waals surface area contributed by atoms with Crippen LogP contribution >= 0.6 is 0 Å². The molecule has 1 aliphatic heterocycles. The molecule has 1 saturated heterocycles. The highest BCUT2D eigenvalue weighted by Crippen LogP contribution is 2.24. The van der Waals surface area contributed by atoms with Crippen molar-refractivity contribution >= 4 is 23.2 Å². The normalized spacial score (nSPS) is 14.8. The number of ether oxygens (including phenoxy) is 2. The molecule has 1 heterocycles. The monoisotopic (exact) mass is 354 g/mol. The topological polar surface area (TPSA) is 67.9 Å². The number of nitrogens with zero attached hydrogens (tertiary/aromatic N) is 1. The predicted octanol–water partition coefficient (Wildman–Crippen LogP) is 3.23. The summed E-state index contributed by atoms with van der Waals surface area (Å²) in [7, 11) is 1.58. The molecule has 0 radical (unpaired) electrons. The standard InChI is InChI=1S/C20H22N2O4/c1-14(26-18-6-3-5-17(13-18)25-2)20(24)21-15-8-10-16(11-9-15)22-12-4-7-19(22)23/h3,5-6,8-11,13-14H,4,7,12H2,1-2H3,(H,21,24)/t14-/m0/s1. The van der Waals surface area contributed by atoms with Gasteiger partial charge in [-0.1, -0.05) is 6.07 Å². The first-order chi connectivity index (χ1) is 12.6. The Morgan fingerprint density at radius 2 is 1.88 bits per heavy atom. The maximum Gasteiger partial charge on any atom is 0.265 e. The predicted molar refractivity (Wildman–Crippen MR) is 99.7 cm³/mol. The van der Waals surface area contributed by atoms with Crippen molar-refractivity contribution in [1.82, 2.24) is 0 Å². The average Bonchev–Trinajstić information content (AvgIpc) is 3.08. The molecule has 0 aliphatic carbocycles. The van der Waals surface area contributed by atoms with Gasteiger partial charge in [0.15, 0.2) is 6.10 Å². The summed E-state index contributed by atoms with van der Waals surface area (Å²) in [4.78, 5) is 25.9. The van der Waals surface area contributed by atoms with Crippen molar-refractivity contribution in [3.63, 3.8) is 0 Å². The van der Waals surface area contributed by atoms with E-state index in [0.717, 1.165) is 18.7 Å². The summed E-state index contributed by atoms with van der Waals surface area (Å²) in [5.41, 5.74) is 1.51. The highest BCUT2D eigenvalue weighted by molar-refractivity contribution is 5.96. The maximum absolute atomic E-state index is 12.3. The number of benzene rings is 2. The number of anilines is 2. The van der Waals surface area contributed by atoms with Gasteiger partial charge in [0.05, 0.1) is 7.11 Å². The van der Waals surface area contributed by atoms with Crippen molar-refractivity contribution in [3.05, 3.63) is 48.5 Å². The van der Waals surface area contributed by atoms with E-state index in [9.17, 15) is 9.59 Å². The van der Waals surface area contributed by atoms with Crippen molar-refractivity contribution in [1.29, 1.82) is 0 Å². The number of carbonyl (C=O) groups is 2. The minimum atomic E-state index is -0.665. The average molecular weight is 354 g/mol. The van der Waals surface area contributed by atoms with E-state index in [1.54, 1.807) is 49.3 Å². The SMILES string of the molecule is COc1cccc(O[C@@H](C)C(=O)Nc2ccc(N3CCCC3=O)cc2)c1. The zero-order valence-corrected chi connectivity index (χ0v) is 14.9. The molecule has 6 nitrogen and oxygen atoms in total. The van der Waals surface area contributed by atoms with Crippen LogP contribution in [0.25, 0.3) is 0 Å². The van der Waals surface area contributed by atoms with E-state index in [-0.39, 0.29) is 11.8 Å². The number of amides is 2. The van der Waals surface area contributed by atoms with Crippen LogP contribution in [0.15, 0.2) is 48.5 Å². The van der Waals surface area contributed by atoms with E-state index in [4.69, 9.17) is 9.47 Å². The van der Waals surface area contributed by atoms with Crippen LogP contribution in [0.3, 0.4) is 0 Å². The summed E-state index contributed by atoms with van der Waals surface area (Å²) in [5.74, 6) is 1.12. The fraction of sp³-hybridized carbons (Fsp3) is 0.300. The molecule has 136 valence electrons. The first-order valence-corrected chi connectivity index (χ1v) is 8.59. The first-order valence-electron chi connectivity index (χ1n) is 8.59. The van der Waals surface area contributed by atoms with Crippen LogP contribution in [-0.2, 0) is 9.59 Å². The third-order valence-electron chi connectivity index (χ3n) is 4.24. The largest absolute Gasteiger partial charge is 0.497 e. The molecule has 1 N–H and O–H groups in total. The third kappa shape index (κ3) is 4.14. The second kappa shape index (κ2) is 7.91. The van der Waals surface area contributed by atoms with Gasteiger partial charge in [0.1, 0.15) is 11.5 Å². The molecule has 1 fully saturated rings. The lowest BCUT2D eigenvalue weighted by Gasteiger charge is -2.17. The van der Waals surface area contributed by atoms with Gasteiger partial charge in [-0.3, -0.25) is 9.59 Å². The zero-order chi connectivity index (χ0) is 18.5. The van der Waals surface area contributed by atoms with Crippen LogP contribution in [0.1, 0.15) is 19.8 Å². The molecule has 1 aliphatic rings. The minimum absolute atomic E-state index is 0.141. The molecule has 26 heavy (non-hydrogen) atoms. The molecule has 1 atom stereocenters. The zero-order valence-electron chi connectivity index (χ0n) is 14.9. The van der Waals surface area contributed by atoms with Crippen molar-refractivity contribution in [2.24, 2.45) is 0 Å². The Balaban J connectivity index is 1.59. The van der Waals surface area contributed by atoms with Crippen molar-refractivity contribution in [2.45, 2.75) is 25.9 Å². The Kier molecular flexibility index (Phi) is 5.41. The smallest absolute Gasteiger partial charge is 0.265 e. The van der Waals surface area contributed by atoms with Gasteiger partial charge in [-0.05, 0) is 49.7 Å². The molecule has 0 unspecified atom stereocenters. The second-order valence-corrected chi connectivity index (χ2v) is 6.12. The number of rotatable bonds is 6. The third-order valence-corrected chi connectivity index (χ3v) is 4.24. The van der Waals surface area contributed by atoms with E-state index in [1.807, 2.05) is 18.2 Å². The van der Waals surface area contributed by atoms with Crippen LogP contribution in [-0.4, -0.2) is 31.6 Å². The van der Waals surface area contributed by atoms with Crippen molar-refractivity contribution in [3.8, 4) is 11.5 Å². The number of hydrogen-bond acceptors (Lipinski definition) is 4. The molecule has 0 aromatic heterocycles. The second-order valence-electron chi connectivity index (χ2n) is 6.12. The minimum Gasteiger partial charge on any atom is -0.497 e. The quantitative estimate of drug-likeness (QED) is 0.865. The maximum atomic E-state index is 12.3. The first kappa shape index (κ1) is 17.8.